The number of nitrogens with two attached hydrogens (primary N) is 1. The van der Waals surface area contributed by atoms with Crippen molar-refractivity contribution < 1.29 is 33.4 Å². The van der Waals surface area contributed by atoms with Gasteiger partial charge in [0.2, 0.25) is 0 Å². The molecule has 0 saturated carbocycles. The van der Waals surface area contributed by atoms with E-state index in [1.165, 1.54) is 64.2 Å². The molecule has 0 saturated heterocycles. The number of rotatable bonds is 26. The predicted molar refractivity (Wildman–Crippen MR) is 155 cm³/mol. The number of ketones is 1. The molecule has 1 rings (SSSR count). The number of Topliss-reactive ketones (excluding diaryl/α,β-unsaturated/α-hetero) is 1. The van der Waals surface area contributed by atoms with Crippen LogP contribution in [0.3, 0.4) is 0 Å². The van der Waals surface area contributed by atoms with Crippen LogP contribution in [-0.4, -0.2) is 44.1 Å². The second-order valence-corrected chi connectivity index (χ2v) is 11.8. The van der Waals surface area contributed by atoms with Crippen LogP contribution in [0.15, 0.2) is 24.3 Å². The largest absolute Gasteiger partial charge is 0.494 e. The molecule has 0 fully saturated rings. The van der Waals surface area contributed by atoms with Gasteiger partial charge in [0.25, 0.3) is 0 Å². The fourth-order valence-corrected chi connectivity index (χ4v) is 5.28. The van der Waals surface area contributed by atoms with Crippen LogP contribution in [0.25, 0.3) is 0 Å². The van der Waals surface area contributed by atoms with Crippen molar-refractivity contribution in [2.45, 2.75) is 110 Å². The summed E-state index contributed by atoms with van der Waals surface area (Å²) in [5.74, 6) is 0.748. The van der Waals surface area contributed by atoms with E-state index in [1.54, 1.807) is 0 Å². The molecule has 3 N–H and O–H groups in total. The first-order valence-corrected chi connectivity index (χ1v) is 16.5. The number of phosphoric acid groups is 1. The van der Waals surface area contributed by atoms with E-state index in [4.69, 9.17) is 13.8 Å². The summed E-state index contributed by atoms with van der Waals surface area (Å²) in [6.07, 6.45) is 16.5. The summed E-state index contributed by atoms with van der Waals surface area (Å²) in [5, 5.41) is 1.86. The minimum Gasteiger partial charge on any atom is -0.494 e. The Bertz CT molecular complexity index is 775. The van der Waals surface area contributed by atoms with Crippen LogP contribution >= 0.6 is 7.82 Å². The first-order valence-electron chi connectivity index (χ1n) is 15.0. The minimum atomic E-state index is -4.14. The van der Waals surface area contributed by atoms with Crippen molar-refractivity contribution in [1.29, 1.82) is 0 Å². The lowest BCUT2D eigenvalue weighted by molar-refractivity contribution is -0.627. The molecule has 0 amide bonds. The smallest absolute Gasteiger partial charge is 0.472 e. The van der Waals surface area contributed by atoms with Crippen molar-refractivity contribution in [3.8, 4) is 5.75 Å². The van der Waals surface area contributed by atoms with Crippen LogP contribution in [0.4, 0.5) is 0 Å². The maximum Gasteiger partial charge on any atom is 0.472 e. The van der Waals surface area contributed by atoms with Crippen molar-refractivity contribution in [3.63, 3.8) is 0 Å². The Morgan fingerprint density at radius 2 is 1.58 bits per heavy atom. The normalized spacial score (nSPS) is 13.8. The molecule has 220 valence electrons. The first-order chi connectivity index (χ1) is 18.4. The van der Waals surface area contributed by atoms with Crippen molar-refractivity contribution in [1.82, 2.24) is 0 Å². The Balaban J connectivity index is 2.43. The van der Waals surface area contributed by atoms with Crippen LogP contribution in [0, 0.1) is 5.92 Å². The molecule has 2 unspecified atom stereocenters. The highest BCUT2D eigenvalue weighted by atomic mass is 31.2. The third-order valence-corrected chi connectivity index (χ3v) is 7.60. The lowest BCUT2D eigenvalue weighted by atomic mass is 9.94. The molecular weight excluding hydrogens is 501 g/mol. The highest BCUT2D eigenvalue weighted by molar-refractivity contribution is 7.47. The Kier molecular flexibility index (Phi) is 20.7. The number of phosphoric ester groups is 1. The van der Waals surface area contributed by atoms with E-state index in [9.17, 15) is 14.3 Å². The highest BCUT2D eigenvalue weighted by Crippen LogP contribution is 2.43. The third-order valence-electron chi connectivity index (χ3n) is 6.62. The summed E-state index contributed by atoms with van der Waals surface area (Å²) in [4.78, 5) is 22.3. The standard InChI is InChI=1S/C30H54NO6P/c1-4-6-7-8-9-10-11-12-13-14-15-21-35-30-19-16-18-27(25-30)23-28(24-29(32)17-5-2)26-37-38(33,34)36-22-20-31-3/h16,18-19,25,28,31H,4-15,17,20-24,26H2,1-3H3,(H,33,34)/p+1. The lowest BCUT2D eigenvalue weighted by Gasteiger charge is -2.19. The Labute approximate surface area is 232 Å². The van der Waals surface area contributed by atoms with E-state index >= 15 is 0 Å². The van der Waals surface area contributed by atoms with Crippen LogP contribution in [0.5, 0.6) is 5.75 Å². The number of likely N-dealkylation sites (N-methyl/N-ethyl adjacent to an activating group) is 1. The van der Waals surface area contributed by atoms with Crippen molar-refractivity contribution in [2.24, 2.45) is 5.92 Å². The van der Waals surface area contributed by atoms with Gasteiger partial charge in [-0.25, -0.2) is 4.57 Å². The summed E-state index contributed by atoms with van der Waals surface area (Å²) >= 11 is 0. The average Bonchev–Trinajstić information content (AvgIpc) is 2.88. The zero-order valence-corrected chi connectivity index (χ0v) is 25.2. The average molecular weight is 557 g/mol. The molecule has 38 heavy (non-hydrogen) atoms. The number of carbonyl (C=O) groups is 1. The number of ether oxygens (including phenoxy) is 1. The second-order valence-electron chi connectivity index (χ2n) is 10.4. The van der Waals surface area contributed by atoms with Gasteiger partial charge in [-0.3, -0.25) is 13.8 Å². The van der Waals surface area contributed by atoms with E-state index in [1.807, 2.05) is 43.6 Å². The van der Waals surface area contributed by atoms with Gasteiger partial charge in [-0.1, -0.05) is 90.2 Å². The Morgan fingerprint density at radius 3 is 2.21 bits per heavy atom. The predicted octanol–water partition coefficient (Wildman–Crippen LogP) is 6.62. The number of carbonyl (C=O) groups excluding carboxylic acids is 1. The van der Waals surface area contributed by atoms with Gasteiger partial charge >= 0.3 is 7.82 Å². The summed E-state index contributed by atoms with van der Waals surface area (Å²) in [5.41, 5.74) is 1.02. The number of hydrogen-bond donors (Lipinski definition) is 2. The van der Waals surface area contributed by atoms with E-state index in [-0.39, 0.29) is 24.9 Å². The molecule has 1 aromatic carbocycles. The Hall–Kier alpha value is -1.24. The van der Waals surface area contributed by atoms with E-state index in [2.05, 4.69) is 6.92 Å². The molecular formula is C30H55NO6P+. The molecule has 0 aliphatic heterocycles. The summed E-state index contributed by atoms with van der Waals surface area (Å²) in [7, 11) is -2.28. The molecule has 0 bridgehead atoms. The van der Waals surface area contributed by atoms with Gasteiger partial charge in [-0.15, -0.1) is 0 Å². The molecule has 1 aromatic rings. The molecule has 0 aromatic heterocycles. The molecule has 0 aliphatic carbocycles. The van der Waals surface area contributed by atoms with E-state index in [0.29, 0.717) is 32.4 Å². The molecule has 0 spiro atoms. The number of hydrogen-bond acceptors (Lipinski definition) is 5. The van der Waals surface area contributed by atoms with Crippen molar-refractivity contribution in [2.75, 3.05) is 33.4 Å². The van der Waals surface area contributed by atoms with Crippen molar-refractivity contribution in [3.05, 3.63) is 29.8 Å². The molecule has 0 heterocycles. The van der Waals surface area contributed by atoms with Gasteiger partial charge < -0.3 is 14.9 Å². The maximum absolute atomic E-state index is 12.3. The first kappa shape index (κ1) is 34.8. The van der Waals surface area contributed by atoms with Crippen molar-refractivity contribution >= 4 is 13.6 Å². The van der Waals surface area contributed by atoms with Gasteiger partial charge in [0, 0.05) is 12.8 Å². The molecule has 7 nitrogen and oxygen atoms in total. The number of quaternary nitrogens is 1. The Morgan fingerprint density at radius 1 is 0.921 bits per heavy atom. The summed E-state index contributed by atoms with van der Waals surface area (Å²) in [6.45, 7) is 5.61. The topological polar surface area (TPSA) is 98.7 Å². The SMILES string of the molecule is CCCCCCCCCCCCCOc1cccc(CC(COP(=O)(O)OCC[NH2+]C)CC(=O)CCC)c1. The lowest BCUT2D eigenvalue weighted by Crippen LogP contribution is -2.80. The number of benzene rings is 1. The fourth-order valence-electron chi connectivity index (χ4n) is 4.47. The van der Waals surface area contributed by atoms with Gasteiger partial charge in [0.05, 0.1) is 26.8 Å². The van der Waals surface area contributed by atoms with Gasteiger partial charge in [0.1, 0.15) is 18.1 Å². The zero-order valence-electron chi connectivity index (χ0n) is 24.3. The number of unbranched alkanes of at least 4 members (excludes halogenated alkanes) is 10. The molecule has 0 radical (unpaired) electrons. The third kappa shape index (κ3) is 18.9. The van der Waals surface area contributed by atoms with Crippen LogP contribution in [0.2, 0.25) is 0 Å². The van der Waals surface area contributed by atoms with Gasteiger partial charge in [-0.05, 0) is 42.9 Å². The van der Waals surface area contributed by atoms with Gasteiger partial charge in [-0.2, -0.15) is 0 Å². The molecule has 0 aliphatic rings. The molecule has 8 heteroatoms. The monoisotopic (exact) mass is 556 g/mol. The van der Waals surface area contributed by atoms with Crippen LogP contribution < -0.4 is 10.1 Å². The molecule has 2 atom stereocenters. The quantitative estimate of drug-likeness (QED) is 0.0983. The second kappa shape index (κ2) is 22.6. The van der Waals surface area contributed by atoms with Gasteiger partial charge in [0.15, 0.2) is 0 Å². The summed E-state index contributed by atoms with van der Waals surface area (Å²) < 4.78 is 28.5. The highest BCUT2D eigenvalue weighted by Gasteiger charge is 2.25. The minimum absolute atomic E-state index is 0.0110. The van der Waals surface area contributed by atoms with Crippen LogP contribution in [0.1, 0.15) is 109 Å². The zero-order chi connectivity index (χ0) is 27.9. The van der Waals surface area contributed by atoms with E-state index in [0.717, 1.165) is 24.2 Å². The van der Waals surface area contributed by atoms with Crippen LogP contribution in [-0.2, 0) is 24.8 Å². The maximum atomic E-state index is 12.3. The fraction of sp³-hybridized carbons (Fsp3) is 0.767. The summed E-state index contributed by atoms with van der Waals surface area (Å²) in [6, 6.07) is 7.91. The van der Waals surface area contributed by atoms with E-state index < -0.39 is 7.82 Å².